The molecule has 5 heteroatoms. The Labute approximate surface area is 75.2 Å². The van der Waals surface area contributed by atoms with Crippen molar-refractivity contribution in [3.63, 3.8) is 0 Å². The summed E-state index contributed by atoms with van der Waals surface area (Å²) in [5, 5.41) is 0.623. The first-order valence-electron chi connectivity index (χ1n) is 3.32. The van der Waals surface area contributed by atoms with E-state index in [1.165, 1.54) is 0 Å². The fourth-order valence-corrected chi connectivity index (χ4v) is 1.81. The van der Waals surface area contributed by atoms with Crippen molar-refractivity contribution in [3.05, 3.63) is 28.8 Å². The molecule has 1 unspecified atom stereocenters. The number of fused-ring (bicyclic) bond motifs is 1. The van der Waals surface area contributed by atoms with Gasteiger partial charge in [0.15, 0.2) is 5.75 Å². The third-order valence-electron chi connectivity index (χ3n) is 1.52. The molecular weight excluding hydrogens is 199 g/mol. The smallest absolute Gasteiger partial charge is 0.229 e. The minimum absolute atomic E-state index is 0.297. The lowest BCUT2D eigenvalue weighted by Crippen LogP contribution is -1.99. The largest absolute Gasteiger partial charge is 0.750 e. The van der Waals surface area contributed by atoms with Crippen LogP contribution in [0.3, 0.4) is 0 Å². The fourth-order valence-electron chi connectivity index (χ4n) is 0.979. The van der Waals surface area contributed by atoms with Crippen molar-refractivity contribution in [2.24, 2.45) is 0 Å². The topological polar surface area (TPSA) is 35.5 Å². The van der Waals surface area contributed by atoms with Crippen molar-refractivity contribution in [3.8, 4) is 5.75 Å². The van der Waals surface area contributed by atoms with Crippen LogP contribution in [0.25, 0.3) is 0 Å². The number of hydrogen-bond donors (Lipinski definition) is 0. The maximum absolute atomic E-state index is 10.8. The monoisotopic (exact) mass is 203 g/mol. The molecule has 2 rings (SSSR count). The van der Waals surface area contributed by atoms with Gasteiger partial charge in [-0.15, -0.1) is 4.52 Å². The van der Waals surface area contributed by atoms with E-state index in [1.54, 1.807) is 18.2 Å². The Morgan fingerprint density at radius 2 is 2.33 bits per heavy atom. The molecule has 1 aliphatic rings. The Morgan fingerprint density at radius 1 is 1.50 bits per heavy atom. The number of hydrogen-bond acceptors (Lipinski definition) is 3. The molecule has 1 aromatic rings. The van der Waals surface area contributed by atoms with Crippen LogP contribution in [0, 0.1) is 0 Å². The Bertz CT molecular complexity index is 339. The van der Waals surface area contributed by atoms with Crippen LogP contribution in [0.4, 0.5) is 0 Å². The summed E-state index contributed by atoms with van der Waals surface area (Å²) >= 11 is 5.73. The zero-order valence-electron chi connectivity index (χ0n) is 5.99. The van der Waals surface area contributed by atoms with Gasteiger partial charge in [0.25, 0.3) is 0 Å². The van der Waals surface area contributed by atoms with Crippen molar-refractivity contribution in [2.45, 2.75) is 6.61 Å². The number of halogens is 1. The summed E-state index contributed by atoms with van der Waals surface area (Å²) in [5.74, 6) is 0.590. The van der Waals surface area contributed by atoms with Crippen molar-refractivity contribution >= 4 is 19.9 Å². The predicted octanol–water partition coefficient (Wildman–Crippen LogP) is 2.91. The molecule has 1 aromatic carbocycles. The molecule has 3 nitrogen and oxygen atoms in total. The quantitative estimate of drug-likeness (QED) is 0.608. The molecule has 1 aliphatic heterocycles. The van der Waals surface area contributed by atoms with Gasteiger partial charge < -0.3 is 0 Å². The van der Waals surface area contributed by atoms with Crippen LogP contribution in [0.15, 0.2) is 18.2 Å². The molecule has 0 spiro atoms. The third-order valence-corrected chi connectivity index (χ3v) is 2.44. The molecule has 0 N–H and O–H groups in total. The average Bonchev–Trinajstić information content (AvgIpc) is 2.05. The van der Waals surface area contributed by atoms with E-state index in [1.807, 2.05) is 0 Å². The number of benzene rings is 1. The van der Waals surface area contributed by atoms with Crippen LogP contribution < -0.4 is 4.52 Å². The zero-order valence-corrected chi connectivity index (χ0v) is 7.64. The van der Waals surface area contributed by atoms with Gasteiger partial charge in [-0.3, -0.25) is 0 Å². The van der Waals surface area contributed by atoms with Gasteiger partial charge in [0.05, 0.1) is 0 Å². The van der Waals surface area contributed by atoms with E-state index in [-0.39, 0.29) is 0 Å². The molecule has 0 amide bonds. The zero-order chi connectivity index (χ0) is 8.55. The number of rotatable bonds is 0. The Balaban J connectivity index is 2.43. The van der Waals surface area contributed by atoms with E-state index in [4.69, 9.17) is 20.6 Å². The first-order valence-corrected chi connectivity index (χ1v) is 4.79. The molecule has 0 bridgehead atoms. The van der Waals surface area contributed by atoms with Crippen molar-refractivity contribution in [2.75, 3.05) is 0 Å². The first-order chi connectivity index (χ1) is 5.75. The normalized spacial score (nSPS) is 18.2. The van der Waals surface area contributed by atoms with Gasteiger partial charge in [-0.05, 0) is 18.2 Å². The van der Waals surface area contributed by atoms with Crippen LogP contribution in [0.2, 0.25) is 5.02 Å². The van der Waals surface area contributed by atoms with Crippen LogP contribution >= 0.6 is 19.9 Å². The average molecular weight is 204 g/mol. The standard InChI is InChI=1S/C7H5ClO3P/c8-6-1-2-7-5(3-6)4-10-12(9)11-7/h1-3H,4H2/q+1. The highest BCUT2D eigenvalue weighted by Gasteiger charge is 2.30. The minimum atomic E-state index is -1.98. The molecule has 0 aromatic heterocycles. The summed E-state index contributed by atoms with van der Waals surface area (Å²) in [4.78, 5) is 0. The highest BCUT2D eigenvalue weighted by atomic mass is 35.5. The maximum Gasteiger partial charge on any atom is 0.750 e. The molecule has 12 heavy (non-hydrogen) atoms. The molecule has 0 aliphatic carbocycles. The molecule has 0 saturated heterocycles. The Kier molecular flexibility index (Phi) is 2.01. The Morgan fingerprint density at radius 3 is 3.17 bits per heavy atom. The van der Waals surface area contributed by atoms with Gasteiger partial charge in [0, 0.05) is 15.2 Å². The lowest BCUT2D eigenvalue weighted by atomic mass is 10.2. The second-order valence-electron chi connectivity index (χ2n) is 2.34. The van der Waals surface area contributed by atoms with E-state index in [0.29, 0.717) is 17.4 Å². The van der Waals surface area contributed by atoms with E-state index in [2.05, 4.69) is 0 Å². The van der Waals surface area contributed by atoms with Crippen molar-refractivity contribution in [1.29, 1.82) is 0 Å². The third kappa shape index (κ3) is 1.44. The molecule has 62 valence electrons. The lowest BCUT2D eigenvalue weighted by molar-refractivity contribution is 0.253. The SMILES string of the molecule is O=[P+]1OCc2cc(Cl)ccc2O1. The van der Waals surface area contributed by atoms with E-state index in [0.717, 1.165) is 5.56 Å². The van der Waals surface area contributed by atoms with Gasteiger partial charge >= 0.3 is 8.25 Å². The summed E-state index contributed by atoms with van der Waals surface area (Å²) < 4.78 is 20.5. The molecule has 0 radical (unpaired) electrons. The van der Waals surface area contributed by atoms with Crippen LogP contribution in [-0.4, -0.2) is 0 Å². The van der Waals surface area contributed by atoms with Gasteiger partial charge in [0.2, 0.25) is 0 Å². The summed E-state index contributed by atoms with van der Waals surface area (Å²) in [5.41, 5.74) is 0.831. The van der Waals surface area contributed by atoms with Gasteiger partial charge in [0.1, 0.15) is 6.61 Å². The van der Waals surface area contributed by atoms with Gasteiger partial charge in [-0.2, -0.15) is 0 Å². The fraction of sp³-hybridized carbons (Fsp3) is 0.143. The van der Waals surface area contributed by atoms with Crippen LogP contribution in [0.1, 0.15) is 5.56 Å². The minimum Gasteiger partial charge on any atom is -0.229 e. The second-order valence-corrected chi connectivity index (χ2v) is 3.66. The highest BCUT2D eigenvalue weighted by molar-refractivity contribution is 7.33. The van der Waals surface area contributed by atoms with Gasteiger partial charge in [-0.25, -0.2) is 4.52 Å². The highest BCUT2D eigenvalue weighted by Crippen LogP contribution is 2.38. The molecule has 1 atom stereocenters. The van der Waals surface area contributed by atoms with E-state index >= 15 is 0 Å². The summed E-state index contributed by atoms with van der Waals surface area (Å²) in [6.45, 7) is 0.297. The van der Waals surface area contributed by atoms with Gasteiger partial charge in [-0.1, -0.05) is 11.6 Å². The lowest BCUT2D eigenvalue weighted by Gasteiger charge is -2.05. The predicted molar refractivity (Wildman–Crippen MR) is 44.5 cm³/mol. The van der Waals surface area contributed by atoms with Crippen molar-refractivity contribution < 1.29 is 13.6 Å². The van der Waals surface area contributed by atoms with Crippen LogP contribution in [0.5, 0.6) is 5.75 Å². The summed E-state index contributed by atoms with van der Waals surface area (Å²) in [6, 6.07) is 5.11. The van der Waals surface area contributed by atoms with E-state index < -0.39 is 8.25 Å². The van der Waals surface area contributed by atoms with Crippen molar-refractivity contribution in [1.82, 2.24) is 0 Å². The van der Waals surface area contributed by atoms with Crippen LogP contribution in [-0.2, 0) is 15.7 Å². The Hall–Kier alpha value is -0.630. The first kappa shape index (κ1) is 7.99. The molecule has 1 heterocycles. The maximum atomic E-state index is 10.8. The second kappa shape index (κ2) is 3.02. The molecule has 0 saturated carbocycles. The molecule has 0 fully saturated rings. The summed E-state index contributed by atoms with van der Waals surface area (Å²) in [6.07, 6.45) is 0. The molecular formula is C7H5ClO3P+. The summed E-state index contributed by atoms with van der Waals surface area (Å²) in [7, 11) is -1.98. The van der Waals surface area contributed by atoms with E-state index in [9.17, 15) is 4.57 Å².